The van der Waals surface area contributed by atoms with Gasteiger partial charge in [0.25, 0.3) is 5.91 Å². The molecule has 0 unspecified atom stereocenters. The fraction of sp³-hybridized carbons (Fsp3) is 0.0667. The Morgan fingerprint density at radius 3 is 2.62 bits per heavy atom. The van der Waals surface area contributed by atoms with E-state index in [4.69, 9.17) is 21.6 Å². The summed E-state index contributed by atoms with van der Waals surface area (Å²) in [5, 5.41) is 11.3. The highest BCUT2D eigenvalue weighted by atomic mass is 35.5. The molecule has 0 bridgehead atoms. The molecule has 0 saturated carbocycles. The van der Waals surface area contributed by atoms with Gasteiger partial charge in [-0.05, 0) is 36.4 Å². The number of amides is 1. The fourth-order valence-corrected chi connectivity index (χ4v) is 1.66. The maximum atomic E-state index is 13.2. The van der Waals surface area contributed by atoms with Gasteiger partial charge in [-0.15, -0.1) is 0 Å². The van der Waals surface area contributed by atoms with E-state index in [-0.39, 0.29) is 17.4 Å². The normalized spacial score (nSPS) is 9.76. The van der Waals surface area contributed by atoms with Gasteiger partial charge < -0.3 is 10.1 Å². The smallest absolute Gasteiger partial charge is 0.262 e. The average Bonchev–Trinajstić information content (AvgIpc) is 2.49. The highest BCUT2D eigenvalue weighted by Gasteiger charge is 2.06. The number of rotatable bonds is 4. The lowest BCUT2D eigenvalue weighted by molar-refractivity contribution is -0.118. The molecule has 0 fully saturated rings. The first-order chi connectivity index (χ1) is 10.1. The summed E-state index contributed by atoms with van der Waals surface area (Å²) in [6.07, 6.45) is 0. The molecule has 0 saturated heterocycles. The number of carbonyl (C=O) groups is 1. The summed E-state index contributed by atoms with van der Waals surface area (Å²) >= 11 is 5.54. The van der Waals surface area contributed by atoms with Gasteiger partial charge >= 0.3 is 0 Å². The topological polar surface area (TPSA) is 62.1 Å². The standard InChI is InChI=1S/C15H10ClFN2O2/c16-13-6-5-12(7-14(13)17)21-9-15(20)19-11-3-1-10(8-18)2-4-11/h1-7H,9H2,(H,19,20). The summed E-state index contributed by atoms with van der Waals surface area (Å²) in [4.78, 5) is 11.7. The second kappa shape index (κ2) is 6.73. The molecule has 1 N–H and O–H groups in total. The quantitative estimate of drug-likeness (QED) is 0.942. The number of nitrogens with zero attached hydrogens (tertiary/aromatic N) is 1. The Morgan fingerprint density at radius 1 is 1.29 bits per heavy atom. The van der Waals surface area contributed by atoms with Gasteiger partial charge in [0, 0.05) is 11.8 Å². The number of hydrogen-bond acceptors (Lipinski definition) is 3. The van der Waals surface area contributed by atoms with E-state index in [1.807, 2.05) is 6.07 Å². The molecule has 2 aromatic rings. The summed E-state index contributed by atoms with van der Waals surface area (Å²) in [5.74, 6) is -0.788. The van der Waals surface area contributed by atoms with Crippen LogP contribution >= 0.6 is 11.6 Å². The van der Waals surface area contributed by atoms with Crippen LogP contribution in [0.3, 0.4) is 0 Å². The zero-order valence-corrected chi connectivity index (χ0v) is 11.5. The lowest BCUT2D eigenvalue weighted by Crippen LogP contribution is -2.20. The number of hydrogen-bond donors (Lipinski definition) is 1. The van der Waals surface area contributed by atoms with Crippen molar-refractivity contribution >= 4 is 23.2 Å². The number of anilines is 1. The minimum Gasteiger partial charge on any atom is -0.484 e. The van der Waals surface area contributed by atoms with Gasteiger partial charge in [-0.25, -0.2) is 4.39 Å². The van der Waals surface area contributed by atoms with Crippen molar-refractivity contribution in [1.82, 2.24) is 0 Å². The van der Waals surface area contributed by atoms with Crippen molar-refractivity contribution < 1.29 is 13.9 Å². The fourth-order valence-electron chi connectivity index (χ4n) is 1.54. The molecule has 21 heavy (non-hydrogen) atoms. The second-order valence-corrected chi connectivity index (χ2v) is 4.51. The van der Waals surface area contributed by atoms with Gasteiger partial charge in [-0.2, -0.15) is 5.26 Å². The van der Waals surface area contributed by atoms with Gasteiger partial charge in [-0.3, -0.25) is 4.79 Å². The van der Waals surface area contributed by atoms with Crippen LogP contribution in [-0.2, 0) is 4.79 Å². The van der Waals surface area contributed by atoms with Crippen LogP contribution in [0.1, 0.15) is 5.56 Å². The Bertz CT molecular complexity index is 696. The largest absolute Gasteiger partial charge is 0.484 e. The van der Waals surface area contributed by atoms with Gasteiger partial charge in [0.15, 0.2) is 6.61 Å². The first kappa shape index (κ1) is 14.8. The van der Waals surface area contributed by atoms with Crippen LogP contribution in [0.15, 0.2) is 42.5 Å². The van der Waals surface area contributed by atoms with Gasteiger partial charge in [0.2, 0.25) is 0 Å². The highest BCUT2D eigenvalue weighted by Crippen LogP contribution is 2.20. The van der Waals surface area contributed by atoms with Crippen molar-refractivity contribution in [3.8, 4) is 11.8 Å². The number of nitrogens with one attached hydrogen (secondary N) is 1. The van der Waals surface area contributed by atoms with E-state index in [1.165, 1.54) is 12.1 Å². The van der Waals surface area contributed by atoms with Gasteiger partial charge in [0.1, 0.15) is 11.6 Å². The molecule has 0 radical (unpaired) electrons. The van der Waals surface area contributed by atoms with Crippen molar-refractivity contribution in [2.45, 2.75) is 0 Å². The van der Waals surface area contributed by atoms with E-state index in [9.17, 15) is 9.18 Å². The number of ether oxygens (including phenoxy) is 1. The van der Waals surface area contributed by atoms with Crippen LogP contribution in [0, 0.1) is 17.1 Å². The predicted octanol–water partition coefficient (Wildman–Crippen LogP) is 3.37. The van der Waals surface area contributed by atoms with E-state index in [0.29, 0.717) is 11.3 Å². The third kappa shape index (κ3) is 4.20. The first-order valence-corrected chi connectivity index (χ1v) is 6.34. The summed E-state index contributed by atoms with van der Waals surface area (Å²) in [6, 6.07) is 12.3. The van der Waals surface area contributed by atoms with Crippen LogP contribution in [-0.4, -0.2) is 12.5 Å². The lowest BCUT2D eigenvalue weighted by atomic mass is 10.2. The molecule has 0 aromatic heterocycles. The molecular weight excluding hydrogens is 295 g/mol. The SMILES string of the molecule is N#Cc1ccc(NC(=O)COc2ccc(Cl)c(F)c2)cc1. The Balaban J connectivity index is 1.89. The molecule has 0 aliphatic carbocycles. The first-order valence-electron chi connectivity index (χ1n) is 5.96. The zero-order valence-electron chi connectivity index (χ0n) is 10.8. The van der Waals surface area contributed by atoms with Crippen molar-refractivity contribution in [1.29, 1.82) is 5.26 Å². The third-order valence-corrected chi connectivity index (χ3v) is 2.87. The van der Waals surface area contributed by atoms with E-state index in [0.717, 1.165) is 6.07 Å². The third-order valence-electron chi connectivity index (χ3n) is 2.56. The molecule has 0 aliphatic heterocycles. The number of benzene rings is 2. The monoisotopic (exact) mass is 304 g/mol. The summed E-state index contributed by atoms with van der Waals surface area (Å²) in [6.45, 7) is -0.263. The minimum absolute atomic E-state index is 0.00983. The van der Waals surface area contributed by atoms with E-state index in [1.54, 1.807) is 24.3 Å². The zero-order chi connectivity index (χ0) is 15.2. The van der Waals surface area contributed by atoms with Crippen molar-refractivity contribution in [3.05, 3.63) is 58.9 Å². The molecule has 0 aliphatic rings. The van der Waals surface area contributed by atoms with Crippen molar-refractivity contribution in [2.24, 2.45) is 0 Å². The van der Waals surface area contributed by atoms with E-state index < -0.39 is 11.7 Å². The molecule has 4 nitrogen and oxygen atoms in total. The number of nitriles is 1. The Morgan fingerprint density at radius 2 is 2.00 bits per heavy atom. The van der Waals surface area contributed by atoms with Crippen molar-refractivity contribution in [3.63, 3.8) is 0 Å². The van der Waals surface area contributed by atoms with E-state index >= 15 is 0 Å². The molecule has 1 amide bonds. The summed E-state index contributed by atoms with van der Waals surface area (Å²) < 4.78 is 18.3. The summed E-state index contributed by atoms with van der Waals surface area (Å²) in [5.41, 5.74) is 1.05. The van der Waals surface area contributed by atoms with Gasteiger partial charge in [-0.1, -0.05) is 11.6 Å². The second-order valence-electron chi connectivity index (χ2n) is 4.10. The molecule has 2 aromatic carbocycles. The molecule has 2 rings (SSSR count). The Hall–Kier alpha value is -2.58. The van der Waals surface area contributed by atoms with Crippen LogP contribution in [0.5, 0.6) is 5.75 Å². The van der Waals surface area contributed by atoms with Crippen LogP contribution < -0.4 is 10.1 Å². The van der Waals surface area contributed by atoms with Crippen LogP contribution in [0.4, 0.5) is 10.1 Å². The lowest BCUT2D eigenvalue weighted by Gasteiger charge is -2.08. The Kier molecular flexibility index (Phi) is 4.75. The van der Waals surface area contributed by atoms with E-state index in [2.05, 4.69) is 5.32 Å². The maximum absolute atomic E-state index is 13.2. The van der Waals surface area contributed by atoms with Crippen molar-refractivity contribution in [2.75, 3.05) is 11.9 Å². The molecule has 0 spiro atoms. The predicted molar refractivity (Wildman–Crippen MR) is 76.7 cm³/mol. The maximum Gasteiger partial charge on any atom is 0.262 e. The van der Waals surface area contributed by atoms with Gasteiger partial charge in [0.05, 0.1) is 16.7 Å². The highest BCUT2D eigenvalue weighted by molar-refractivity contribution is 6.30. The molecular formula is C15H10ClFN2O2. The molecule has 6 heteroatoms. The minimum atomic E-state index is -0.610. The average molecular weight is 305 g/mol. The van der Waals surface area contributed by atoms with Crippen LogP contribution in [0.2, 0.25) is 5.02 Å². The molecule has 0 heterocycles. The van der Waals surface area contributed by atoms with Crippen LogP contribution in [0.25, 0.3) is 0 Å². The Labute approximate surface area is 125 Å². The number of carbonyl (C=O) groups excluding carboxylic acids is 1. The molecule has 0 atom stereocenters. The number of halogens is 2. The summed E-state index contributed by atoms with van der Waals surface area (Å²) in [7, 11) is 0. The molecule has 106 valence electrons.